The summed E-state index contributed by atoms with van der Waals surface area (Å²) in [5.41, 5.74) is 4.98. The summed E-state index contributed by atoms with van der Waals surface area (Å²) in [5.74, 6) is 0.922. The number of pyridine rings is 1. The number of anilines is 2. The van der Waals surface area contributed by atoms with E-state index in [1.165, 1.54) is 25.5 Å². The molecule has 3 aromatic rings. The SMILES string of the molecule is COc1cc(/C=N\Nc2ccc([N+](=O)[O-])cn2)ccc1OCC(=O)Nc1ccccc1C. The quantitative estimate of drug-likeness (QED) is 0.297. The Morgan fingerprint density at radius 3 is 2.69 bits per heavy atom. The Balaban J connectivity index is 1.57. The smallest absolute Gasteiger partial charge is 0.287 e. The maximum Gasteiger partial charge on any atom is 0.287 e. The molecule has 1 heterocycles. The van der Waals surface area contributed by atoms with Crippen molar-refractivity contribution < 1.29 is 19.2 Å². The lowest BCUT2D eigenvalue weighted by atomic mass is 10.2. The molecule has 0 fully saturated rings. The zero-order valence-corrected chi connectivity index (χ0v) is 17.4. The number of rotatable bonds is 9. The Kier molecular flexibility index (Phi) is 7.31. The Labute approximate surface area is 184 Å². The molecule has 32 heavy (non-hydrogen) atoms. The molecule has 0 spiro atoms. The summed E-state index contributed by atoms with van der Waals surface area (Å²) in [6.45, 7) is 1.73. The van der Waals surface area contributed by atoms with Gasteiger partial charge in [0.2, 0.25) is 0 Å². The monoisotopic (exact) mass is 435 g/mol. The topological polar surface area (TPSA) is 128 Å². The van der Waals surface area contributed by atoms with Crippen molar-refractivity contribution in [3.05, 3.63) is 82.0 Å². The molecule has 2 aromatic carbocycles. The third kappa shape index (κ3) is 6.02. The summed E-state index contributed by atoms with van der Waals surface area (Å²) in [6.07, 6.45) is 2.67. The van der Waals surface area contributed by atoms with E-state index in [9.17, 15) is 14.9 Å². The maximum absolute atomic E-state index is 12.2. The van der Waals surface area contributed by atoms with Gasteiger partial charge in [-0.3, -0.25) is 20.3 Å². The number of nitrogens with one attached hydrogen (secondary N) is 2. The fraction of sp³-hybridized carbons (Fsp3) is 0.136. The predicted octanol–water partition coefficient (Wildman–Crippen LogP) is 3.77. The lowest BCUT2D eigenvalue weighted by Gasteiger charge is -2.12. The van der Waals surface area contributed by atoms with E-state index < -0.39 is 4.92 Å². The number of nitrogens with zero attached hydrogens (tertiary/aromatic N) is 3. The Bertz CT molecular complexity index is 1130. The number of hydrazone groups is 1. The highest BCUT2D eigenvalue weighted by Crippen LogP contribution is 2.27. The van der Waals surface area contributed by atoms with E-state index in [0.29, 0.717) is 22.9 Å². The van der Waals surface area contributed by atoms with Gasteiger partial charge in [0.05, 0.1) is 18.2 Å². The lowest BCUT2D eigenvalue weighted by molar-refractivity contribution is -0.385. The Hall–Kier alpha value is -4.47. The van der Waals surface area contributed by atoms with E-state index >= 15 is 0 Å². The molecule has 10 heteroatoms. The van der Waals surface area contributed by atoms with E-state index in [1.54, 1.807) is 18.2 Å². The zero-order chi connectivity index (χ0) is 22.9. The van der Waals surface area contributed by atoms with Crippen molar-refractivity contribution in [2.24, 2.45) is 5.10 Å². The molecule has 0 bridgehead atoms. The molecule has 0 saturated carbocycles. The number of nitro groups is 1. The summed E-state index contributed by atoms with van der Waals surface area (Å²) in [6, 6.07) is 15.4. The number of aryl methyl sites for hydroxylation is 1. The predicted molar refractivity (Wildman–Crippen MR) is 120 cm³/mol. The first-order valence-corrected chi connectivity index (χ1v) is 9.52. The molecule has 0 saturated heterocycles. The number of carbonyl (C=O) groups is 1. The van der Waals surface area contributed by atoms with Gasteiger partial charge in [-0.1, -0.05) is 18.2 Å². The highest BCUT2D eigenvalue weighted by Gasteiger charge is 2.10. The van der Waals surface area contributed by atoms with Gasteiger partial charge in [-0.15, -0.1) is 0 Å². The van der Waals surface area contributed by atoms with Crippen LogP contribution in [-0.2, 0) is 4.79 Å². The molecule has 0 aliphatic carbocycles. The molecule has 0 aliphatic rings. The second-order valence-electron chi connectivity index (χ2n) is 6.59. The van der Waals surface area contributed by atoms with Crippen molar-refractivity contribution in [2.75, 3.05) is 24.5 Å². The fourth-order valence-electron chi connectivity index (χ4n) is 2.66. The highest BCUT2D eigenvalue weighted by molar-refractivity contribution is 5.92. The van der Waals surface area contributed by atoms with Crippen LogP contribution in [0.25, 0.3) is 0 Å². The standard InChI is InChI=1S/C22H21N5O5/c1-15-5-3-4-6-18(15)25-22(28)14-32-19-9-7-16(11-20(19)31-2)12-24-26-21-10-8-17(13-23-21)27(29)30/h3-13H,14H2,1-2H3,(H,23,26)(H,25,28)/b24-12-. The zero-order valence-electron chi connectivity index (χ0n) is 17.4. The molecule has 10 nitrogen and oxygen atoms in total. The maximum atomic E-state index is 12.2. The number of amides is 1. The average molecular weight is 435 g/mol. The van der Waals surface area contributed by atoms with Crippen LogP contribution in [-0.4, -0.2) is 35.7 Å². The summed E-state index contributed by atoms with van der Waals surface area (Å²) >= 11 is 0. The van der Waals surface area contributed by atoms with Crippen molar-refractivity contribution >= 4 is 29.3 Å². The van der Waals surface area contributed by atoms with E-state index in [1.807, 2.05) is 31.2 Å². The minimum atomic E-state index is -0.526. The molecule has 1 amide bonds. The van der Waals surface area contributed by atoms with Gasteiger partial charge in [0.15, 0.2) is 18.1 Å². The molecule has 164 valence electrons. The van der Waals surface area contributed by atoms with Crippen LogP contribution in [0.5, 0.6) is 11.5 Å². The van der Waals surface area contributed by atoms with Gasteiger partial charge in [0.1, 0.15) is 12.0 Å². The van der Waals surface area contributed by atoms with Crippen LogP contribution in [0.1, 0.15) is 11.1 Å². The molecular weight excluding hydrogens is 414 g/mol. The largest absolute Gasteiger partial charge is 0.493 e. The Morgan fingerprint density at radius 2 is 2.00 bits per heavy atom. The van der Waals surface area contributed by atoms with Gasteiger partial charge in [0, 0.05) is 11.8 Å². The first-order chi connectivity index (χ1) is 15.5. The van der Waals surface area contributed by atoms with Crippen LogP contribution in [0.15, 0.2) is 65.9 Å². The molecular formula is C22H21N5O5. The van der Waals surface area contributed by atoms with Crippen LogP contribution < -0.4 is 20.2 Å². The van der Waals surface area contributed by atoms with Crippen molar-refractivity contribution in [1.82, 2.24) is 4.98 Å². The van der Waals surface area contributed by atoms with Gasteiger partial charge in [-0.05, 0) is 48.4 Å². The molecule has 2 N–H and O–H groups in total. The lowest BCUT2D eigenvalue weighted by Crippen LogP contribution is -2.20. The number of carbonyl (C=O) groups excluding carboxylic acids is 1. The van der Waals surface area contributed by atoms with Crippen LogP contribution >= 0.6 is 0 Å². The molecule has 1 aromatic heterocycles. The van der Waals surface area contributed by atoms with Crippen molar-refractivity contribution in [1.29, 1.82) is 0 Å². The molecule has 0 aliphatic heterocycles. The average Bonchev–Trinajstić information content (AvgIpc) is 2.80. The van der Waals surface area contributed by atoms with Crippen molar-refractivity contribution in [3.63, 3.8) is 0 Å². The van der Waals surface area contributed by atoms with E-state index in [2.05, 4.69) is 20.8 Å². The highest BCUT2D eigenvalue weighted by atomic mass is 16.6. The third-order valence-electron chi connectivity index (χ3n) is 4.32. The third-order valence-corrected chi connectivity index (χ3v) is 4.32. The van der Waals surface area contributed by atoms with Crippen LogP contribution in [0.3, 0.4) is 0 Å². The summed E-state index contributed by atoms with van der Waals surface area (Å²) in [5, 5.41) is 17.5. The first kappa shape index (κ1) is 22.2. The number of hydrogen-bond acceptors (Lipinski definition) is 8. The second kappa shape index (κ2) is 10.5. The Morgan fingerprint density at radius 1 is 1.19 bits per heavy atom. The molecule has 0 atom stereocenters. The summed E-state index contributed by atoms with van der Waals surface area (Å²) in [4.78, 5) is 26.2. The number of aromatic nitrogens is 1. The van der Waals surface area contributed by atoms with Crippen LogP contribution in [0.2, 0.25) is 0 Å². The van der Waals surface area contributed by atoms with E-state index in [-0.39, 0.29) is 18.2 Å². The fourth-order valence-corrected chi connectivity index (χ4v) is 2.66. The van der Waals surface area contributed by atoms with Crippen molar-refractivity contribution in [2.45, 2.75) is 6.92 Å². The van der Waals surface area contributed by atoms with Gasteiger partial charge in [-0.25, -0.2) is 4.98 Å². The number of para-hydroxylation sites is 1. The second-order valence-corrected chi connectivity index (χ2v) is 6.59. The minimum Gasteiger partial charge on any atom is -0.493 e. The van der Waals surface area contributed by atoms with Crippen LogP contribution in [0.4, 0.5) is 17.2 Å². The van der Waals surface area contributed by atoms with Gasteiger partial charge < -0.3 is 14.8 Å². The number of benzene rings is 2. The molecule has 3 rings (SSSR count). The minimum absolute atomic E-state index is 0.104. The van der Waals surface area contributed by atoms with E-state index in [4.69, 9.17) is 9.47 Å². The number of methoxy groups -OCH3 is 1. The molecule has 0 unspecified atom stereocenters. The normalized spacial score (nSPS) is 10.6. The van der Waals surface area contributed by atoms with Gasteiger partial charge >= 0.3 is 0 Å². The summed E-state index contributed by atoms with van der Waals surface area (Å²) < 4.78 is 10.9. The van der Waals surface area contributed by atoms with Gasteiger partial charge in [-0.2, -0.15) is 5.10 Å². The van der Waals surface area contributed by atoms with Crippen LogP contribution in [0, 0.1) is 17.0 Å². The van der Waals surface area contributed by atoms with E-state index in [0.717, 1.165) is 17.4 Å². The summed E-state index contributed by atoms with van der Waals surface area (Å²) in [7, 11) is 1.50. The van der Waals surface area contributed by atoms with Crippen molar-refractivity contribution in [3.8, 4) is 11.5 Å². The number of hydrogen-bond donors (Lipinski definition) is 2. The van der Waals surface area contributed by atoms with Gasteiger partial charge in [0.25, 0.3) is 11.6 Å². The first-order valence-electron chi connectivity index (χ1n) is 9.52. The molecule has 0 radical (unpaired) electrons. The number of ether oxygens (including phenoxy) is 2.